The maximum absolute atomic E-state index is 13.1. The number of carbonyl (C=O) groups is 2. The van der Waals surface area contributed by atoms with Gasteiger partial charge in [-0.1, -0.05) is 11.6 Å². The van der Waals surface area contributed by atoms with Crippen LogP contribution in [0.3, 0.4) is 0 Å². The van der Waals surface area contributed by atoms with Crippen LogP contribution >= 0.6 is 11.6 Å². The number of benzene rings is 3. The highest BCUT2D eigenvalue weighted by Crippen LogP contribution is 2.23. The number of nitrogens with zero attached hydrogens (tertiary/aromatic N) is 3. The third-order valence-electron chi connectivity index (χ3n) is 6.72. The van der Waals surface area contributed by atoms with Crippen molar-refractivity contribution >= 4 is 44.8 Å². The number of hydrogen-bond acceptors (Lipinski definition) is 6. The second-order valence-corrected chi connectivity index (χ2v) is 12.0. The van der Waals surface area contributed by atoms with Gasteiger partial charge in [0.25, 0.3) is 5.91 Å². The topological polar surface area (TPSA) is 99.3 Å². The summed E-state index contributed by atoms with van der Waals surface area (Å²) >= 11 is 5.90. The molecule has 0 spiro atoms. The molecule has 1 saturated heterocycles. The molecule has 0 bridgehead atoms. The SMILES string of the molecule is COc1ccc(C(=O)N2CCN(c3ccc(NC(=O)CN(C(C)C)S(=O)(=O)c4ccc(Cl)cc4)cc3)CC2)cc1. The van der Waals surface area contributed by atoms with E-state index in [-0.39, 0.29) is 17.3 Å². The van der Waals surface area contributed by atoms with E-state index in [1.165, 1.54) is 24.3 Å². The Bertz CT molecular complexity index is 1420. The molecular formula is C29H33ClN4O5S. The van der Waals surface area contributed by atoms with Crippen molar-refractivity contribution in [2.45, 2.75) is 24.8 Å². The lowest BCUT2D eigenvalue weighted by Gasteiger charge is -2.36. The minimum Gasteiger partial charge on any atom is -0.497 e. The van der Waals surface area contributed by atoms with Crippen LogP contribution in [0.2, 0.25) is 5.02 Å². The highest BCUT2D eigenvalue weighted by molar-refractivity contribution is 7.89. The fourth-order valence-corrected chi connectivity index (χ4v) is 6.19. The van der Waals surface area contributed by atoms with Crippen molar-refractivity contribution in [1.82, 2.24) is 9.21 Å². The van der Waals surface area contributed by atoms with E-state index in [2.05, 4.69) is 10.2 Å². The second kappa shape index (κ2) is 12.7. The van der Waals surface area contributed by atoms with Crippen LogP contribution in [-0.2, 0) is 14.8 Å². The number of nitrogens with one attached hydrogen (secondary N) is 1. The van der Waals surface area contributed by atoms with E-state index < -0.39 is 22.0 Å². The van der Waals surface area contributed by atoms with Crippen molar-refractivity contribution in [3.8, 4) is 5.75 Å². The Morgan fingerprint density at radius 1 is 0.925 bits per heavy atom. The van der Waals surface area contributed by atoms with E-state index >= 15 is 0 Å². The van der Waals surface area contributed by atoms with Crippen molar-refractivity contribution in [2.75, 3.05) is 50.1 Å². The number of methoxy groups -OCH3 is 1. The molecule has 3 aromatic carbocycles. The molecule has 2 amide bonds. The van der Waals surface area contributed by atoms with Crippen molar-refractivity contribution in [1.29, 1.82) is 0 Å². The van der Waals surface area contributed by atoms with Crippen molar-refractivity contribution in [3.05, 3.63) is 83.4 Å². The quantitative estimate of drug-likeness (QED) is 0.401. The number of ether oxygens (including phenoxy) is 1. The molecule has 1 aliphatic rings. The zero-order valence-corrected chi connectivity index (χ0v) is 24.3. The van der Waals surface area contributed by atoms with E-state index in [9.17, 15) is 18.0 Å². The smallest absolute Gasteiger partial charge is 0.253 e. The van der Waals surface area contributed by atoms with E-state index in [0.29, 0.717) is 48.2 Å². The first-order valence-corrected chi connectivity index (χ1v) is 14.8. The molecule has 0 atom stereocenters. The summed E-state index contributed by atoms with van der Waals surface area (Å²) in [6.07, 6.45) is 0. The first-order valence-electron chi connectivity index (χ1n) is 12.9. The fourth-order valence-electron chi connectivity index (χ4n) is 4.47. The van der Waals surface area contributed by atoms with Gasteiger partial charge >= 0.3 is 0 Å². The molecule has 9 nitrogen and oxygen atoms in total. The highest BCUT2D eigenvalue weighted by atomic mass is 35.5. The third kappa shape index (κ3) is 6.93. The molecule has 1 aliphatic heterocycles. The lowest BCUT2D eigenvalue weighted by molar-refractivity contribution is -0.116. The van der Waals surface area contributed by atoms with Crippen LogP contribution in [0, 0.1) is 0 Å². The lowest BCUT2D eigenvalue weighted by Crippen LogP contribution is -2.48. The number of piperazine rings is 1. The minimum absolute atomic E-state index is 0.00567. The summed E-state index contributed by atoms with van der Waals surface area (Å²) in [5, 5.41) is 3.22. The molecule has 212 valence electrons. The van der Waals surface area contributed by atoms with Gasteiger partial charge in [-0.2, -0.15) is 4.31 Å². The summed E-state index contributed by atoms with van der Waals surface area (Å²) in [5.41, 5.74) is 2.17. The van der Waals surface area contributed by atoms with Gasteiger partial charge in [-0.3, -0.25) is 9.59 Å². The molecule has 0 radical (unpaired) electrons. The number of carbonyl (C=O) groups excluding carboxylic acids is 2. The molecule has 4 rings (SSSR count). The maximum Gasteiger partial charge on any atom is 0.253 e. The Hall–Kier alpha value is -3.60. The highest BCUT2D eigenvalue weighted by Gasteiger charge is 2.29. The van der Waals surface area contributed by atoms with Gasteiger partial charge in [0.1, 0.15) is 5.75 Å². The molecule has 1 heterocycles. The summed E-state index contributed by atoms with van der Waals surface area (Å²) in [4.78, 5) is 29.7. The van der Waals surface area contributed by atoms with Gasteiger partial charge in [-0.25, -0.2) is 8.42 Å². The van der Waals surface area contributed by atoms with Crippen molar-refractivity contribution in [3.63, 3.8) is 0 Å². The van der Waals surface area contributed by atoms with Gasteiger partial charge in [-0.05, 0) is 86.6 Å². The van der Waals surface area contributed by atoms with E-state index in [4.69, 9.17) is 16.3 Å². The molecule has 40 heavy (non-hydrogen) atoms. The molecule has 0 aromatic heterocycles. The van der Waals surface area contributed by atoms with Crippen molar-refractivity contribution < 1.29 is 22.7 Å². The predicted molar refractivity (Wildman–Crippen MR) is 157 cm³/mol. The van der Waals surface area contributed by atoms with Gasteiger partial charge in [0.2, 0.25) is 15.9 Å². The van der Waals surface area contributed by atoms with Crippen LogP contribution < -0.4 is 15.0 Å². The average Bonchev–Trinajstić information content (AvgIpc) is 2.96. The zero-order valence-electron chi connectivity index (χ0n) is 22.7. The van der Waals surface area contributed by atoms with Gasteiger partial charge < -0.3 is 19.9 Å². The summed E-state index contributed by atoms with van der Waals surface area (Å²) in [7, 11) is -2.29. The first-order chi connectivity index (χ1) is 19.1. The number of anilines is 2. The minimum atomic E-state index is -3.88. The second-order valence-electron chi connectivity index (χ2n) is 9.70. The van der Waals surface area contributed by atoms with Crippen molar-refractivity contribution in [2.24, 2.45) is 0 Å². The van der Waals surface area contributed by atoms with Crippen LogP contribution in [0.5, 0.6) is 5.75 Å². The number of hydrogen-bond donors (Lipinski definition) is 1. The van der Waals surface area contributed by atoms with Crippen LogP contribution in [0.1, 0.15) is 24.2 Å². The molecule has 11 heteroatoms. The zero-order chi connectivity index (χ0) is 28.9. The Morgan fingerprint density at radius 2 is 1.52 bits per heavy atom. The van der Waals surface area contributed by atoms with Gasteiger partial charge in [0.05, 0.1) is 18.6 Å². The Morgan fingerprint density at radius 3 is 2.08 bits per heavy atom. The Labute approximate surface area is 240 Å². The number of amides is 2. The van der Waals surface area contributed by atoms with E-state index in [1.807, 2.05) is 17.0 Å². The van der Waals surface area contributed by atoms with E-state index in [0.717, 1.165) is 9.99 Å². The van der Waals surface area contributed by atoms with Gasteiger partial charge in [-0.15, -0.1) is 0 Å². The largest absolute Gasteiger partial charge is 0.497 e. The average molecular weight is 585 g/mol. The maximum atomic E-state index is 13.1. The Balaban J connectivity index is 1.32. The summed E-state index contributed by atoms with van der Waals surface area (Å²) in [5.74, 6) is 0.264. The summed E-state index contributed by atoms with van der Waals surface area (Å²) in [6, 6.07) is 19.9. The number of rotatable bonds is 9. The van der Waals surface area contributed by atoms with Gasteiger partial charge in [0, 0.05) is 54.2 Å². The summed E-state index contributed by atoms with van der Waals surface area (Å²) < 4.78 is 32.6. The third-order valence-corrected chi connectivity index (χ3v) is 9.00. The first kappa shape index (κ1) is 29.4. The normalized spacial score (nSPS) is 13.9. The van der Waals surface area contributed by atoms with E-state index in [1.54, 1.807) is 57.4 Å². The Kier molecular flexibility index (Phi) is 9.34. The van der Waals surface area contributed by atoms with Gasteiger partial charge in [0.15, 0.2) is 0 Å². The molecule has 0 unspecified atom stereocenters. The molecule has 1 fully saturated rings. The standard InChI is InChI=1S/C29H33ClN4O5S/c1-21(2)34(40(37,38)27-14-6-23(30)7-15-27)20-28(35)31-24-8-10-25(11-9-24)32-16-18-33(19-17-32)29(36)22-4-12-26(39-3)13-5-22/h4-15,21H,16-20H2,1-3H3,(H,31,35). The number of sulfonamides is 1. The van der Waals surface area contributed by atoms with Crippen LogP contribution in [-0.4, -0.2) is 75.3 Å². The molecule has 1 N–H and O–H groups in total. The fraction of sp³-hybridized carbons (Fsp3) is 0.310. The van der Waals surface area contributed by atoms with Crippen LogP contribution in [0.15, 0.2) is 77.7 Å². The molecule has 0 aliphatic carbocycles. The molecular weight excluding hydrogens is 552 g/mol. The number of halogens is 1. The predicted octanol–water partition coefficient (Wildman–Crippen LogP) is 4.35. The monoisotopic (exact) mass is 584 g/mol. The van der Waals surface area contributed by atoms with Crippen LogP contribution in [0.4, 0.5) is 11.4 Å². The molecule has 0 saturated carbocycles. The molecule has 3 aromatic rings. The van der Waals surface area contributed by atoms with Crippen LogP contribution in [0.25, 0.3) is 0 Å². The lowest BCUT2D eigenvalue weighted by atomic mass is 10.1. The summed E-state index contributed by atoms with van der Waals surface area (Å²) in [6.45, 7) is 5.67.